The van der Waals surface area contributed by atoms with Crippen molar-refractivity contribution in [2.24, 2.45) is 0 Å². The van der Waals surface area contributed by atoms with Gasteiger partial charge in [0.1, 0.15) is 0 Å². The highest BCUT2D eigenvalue weighted by Gasteiger charge is 2.02. The number of hydrogen-bond acceptors (Lipinski definition) is 2. The Kier molecular flexibility index (Phi) is 5.10. The molecule has 0 spiro atoms. The predicted octanol–water partition coefficient (Wildman–Crippen LogP) is 1.17. The smallest absolute Gasteiger partial charge is 0.251 e. The number of amides is 1. The molecular weight excluding hydrogens is 202 g/mol. The summed E-state index contributed by atoms with van der Waals surface area (Å²) in [5.74, 6) is 5.62. The summed E-state index contributed by atoms with van der Waals surface area (Å²) < 4.78 is 0. The molecule has 0 aromatic heterocycles. The molecule has 0 fully saturated rings. The molecule has 0 bridgehead atoms. The van der Waals surface area contributed by atoms with E-state index in [1.807, 2.05) is 13.0 Å². The molecule has 0 aliphatic rings. The minimum atomic E-state index is -0.0895. The summed E-state index contributed by atoms with van der Waals surface area (Å²) in [7, 11) is 0. The predicted molar refractivity (Wildman–Crippen MR) is 63.0 cm³/mol. The highest BCUT2D eigenvalue weighted by atomic mass is 16.2. The van der Waals surface area contributed by atoms with Crippen molar-refractivity contribution in [1.29, 1.82) is 0 Å². The van der Waals surface area contributed by atoms with Gasteiger partial charge >= 0.3 is 0 Å². The molecule has 1 aromatic rings. The van der Waals surface area contributed by atoms with Gasteiger partial charge in [-0.3, -0.25) is 4.79 Å². The summed E-state index contributed by atoms with van der Waals surface area (Å²) in [5.41, 5.74) is 1.40. The molecule has 0 unspecified atom stereocenters. The lowest BCUT2D eigenvalue weighted by Crippen LogP contribution is -2.22. The van der Waals surface area contributed by atoms with Crippen LogP contribution in [-0.4, -0.2) is 24.2 Å². The van der Waals surface area contributed by atoms with Crippen molar-refractivity contribution >= 4 is 5.91 Å². The zero-order valence-corrected chi connectivity index (χ0v) is 9.29. The molecule has 3 heteroatoms. The van der Waals surface area contributed by atoms with E-state index in [1.54, 1.807) is 18.2 Å². The summed E-state index contributed by atoms with van der Waals surface area (Å²) in [6.07, 6.45) is 0.450. The summed E-state index contributed by atoms with van der Waals surface area (Å²) in [5, 5.41) is 11.3. The number of nitrogens with one attached hydrogen (secondary N) is 1. The molecule has 0 atom stereocenters. The Morgan fingerprint density at radius 1 is 1.50 bits per heavy atom. The third kappa shape index (κ3) is 3.76. The Bertz CT molecular complexity index is 415. The lowest BCUT2D eigenvalue weighted by Gasteiger charge is -2.01. The van der Waals surface area contributed by atoms with Gasteiger partial charge in [0, 0.05) is 24.1 Å². The first-order chi connectivity index (χ1) is 7.77. The first-order valence-corrected chi connectivity index (χ1v) is 5.26. The summed E-state index contributed by atoms with van der Waals surface area (Å²) >= 11 is 0. The third-order valence-corrected chi connectivity index (χ3v) is 1.93. The van der Waals surface area contributed by atoms with Crippen LogP contribution in [0.5, 0.6) is 0 Å². The van der Waals surface area contributed by atoms with E-state index >= 15 is 0 Å². The minimum Gasteiger partial charge on any atom is -0.395 e. The van der Waals surface area contributed by atoms with Gasteiger partial charge in [-0.15, -0.1) is 0 Å². The zero-order chi connectivity index (χ0) is 11.8. The highest BCUT2D eigenvalue weighted by Crippen LogP contribution is 2.04. The number of carbonyl (C=O) groups is 1. The number of aliphatic hydroxyl groups is 1. The van der Waals surface area contributed by atoms with E-state index in [0.717, 1.165) is 5.56 Å². The number of hydrogen-bond donors (Lipinski definition) is 2. The maximum absolute atomic E-state index is 11.5. The molecule has 0 saturated carbocycles. The molecular formula is C13H15NO2. The van der Waals surface area contributed by atoms with E-state index in [9.17, 15) is 4.79 Å². The molecule has 3 nitrogen and oxygen atoms in total. The van der Waals surface area contributed by atoms with Gasteiger partial charge in [-0.1, -0.05) is 17.9 Å². The van der Waals surface area contributed by atoms with E-state index in [0.29, 0.717) is 18.5 Å². The first-order valence-electron chi connectivity index (χ1n) is 5.26. The fourth-order valence-electron chi connectivity index (χ4n) is 1.22. The Morgan fingerprint density at radius 3 is 3.00 bits per heavy atom. The Hall–Kier alpha value is -1.79. The van der Waals surface area contributed by atoms with Crippen LogP contribution in [-0.2, 0) is 0 Å². The van der Waals surface area contributed by atoms with E-state index in [4.69, 9.17) is 5.11 Å². The Balaban J connectivity index is 2.79. The van der Waals surface area contributed by atoms with Gasteiger partial charge < -0.3 is 10.4 Å². The lowest BCUT2D eigenvalue weighted by molar-refractivity contribution is 0.0956. The van der Waals surface area contributed by atoms with E-state index < -0.39 is 0 Å². The summed E-state index contributed by atoms with van der Waals surface area (Å²) in [6.45, 7) is 2.55. The molecule has 0 radical (unpaired) electrons. The van der Waals surface area contributed by atoms with Crippen molar-refractivity contribution in [2.75, 3.05) is 13.2 Å². The molecule has 2 N–H and O–H groups in total. The molecule has 0 saturated heterocycles. The van der Waals surface area contributed by atoms with E-state index in [1.165, 1.54) is 0 Å². The van der Waals surface area contributed by atoms with Crippen molar-refractivity contribution in [3.8, 4) is 11.8 Å². The average molecular weight is 217 g/mol. The van der Waals surface area contributed by atoms with Gasteiger partial charge in [0.15, 0.2) is 0 Å². The van der Waals surface area contributed by atoms with E-state index in [-0.39, 0.29) is 12.5 Å². The van der Waals surface area contributed by atoms with Crippen LogP contribution in [0.15, 0.2) is 24.3 Å². The molecule has 1 rings (SSSR count). The summed E-state index contributed by atoms with van der Waals surface area (Å²) in [6, 6.07) is 7.14. The van der Waals surface area contributed by atoms with Crippen LogP contribution in [0.4, 0.5) is 0 Å². The van der Waals surface area contributed by atoms with Crippen LogP contribution >= 0.6 is 0 Å². The summed E-state index contributed by atoms with van der Waals surface area (Å²) in [4.78, 5) is 11.5. The van der Waals surface area contributed by atoms with Crippen LogP contribution in [0, 0.1) is 11.8 Å². The number of benzene rings is 1. The molecule has 1 amide bonds. The van der Waals surface area contributed by atoms with Crippen LogP contribution in [0.25, 0.3) is 0 Å². The van der Waals surface area contributed by atoms with Gasteiger partial charge in [-0.25, -0.2) is 0 Å². The van der Waals surface area contributed by atoms with Gasteiger partial charge in [0.2, 0.25) is 0 Å². The van der Waals surface area contributed by atoms with Crippen molar-refractivity contribution in [1.82, 2.24) is 5.32 Å². The van der Waals surface area contributed by atoms with E-state index in [2.05, 4.69) is 17.2 Å². The maximum Gasteiger partial charge on any atom is 0.251 e. The SMILES string of the molecule is CCNC(=O)c1cccc(C#CCCO)c1. The first kappa shape index (κ1) is 12.3. The van der Waals surface area contributed by atoms with Gasteiger partial charge in [-0.05, 0) is 25.1 Å². The number of aliphatic hydroxyl groups excluding tert-OH is 1. The quantitative estimate of drug-likeness (QED) is 0.747. The third-order valence-electron chi connectivity index (χ3n) is 1.93. The fraction of sp³-hybridized carbons (Fsp3) is 0.308. The Labute approximate surface area is 95.5 Å². The number of carbonyl (C=O) groups excluding carboxylic acids is 1. The second-order valence-electron chi connectivity index (χ2n) is 3.22. The Morgan fingerprint density at radius 2 is 2.31 bits per heavy atom. The fourth-order valence-corrected chi connectivity index (χ4v) is 1.22. The lowest BCUT2D eigenvalue weighted by atomic mass is 10.1. The van der Waals surface area contributed by atoms with Gasteiger partial charge in [0.05, 0.1) is 6.61 Å². The monoisotopic (exact) mass is 217 g/mol. The van der Waals surface area contributed by atoms with Gasteiger partial charge in [0.25, 0.3) is 5.91 Å². The van der Waals surface area contributed by atoms with Crippen LogP contribution in [0.1, 0.15) is 29.3 Å². The van der Waals surface area contributed by atoms with Gasteiger partial charge in [-0.2, -0.15) is 0 Å². The van der Waals surface area contributed by atoms with Crippen molar-refractivity contribution in [3.63, 3.8) is 0 Å². The van der Waals surface area contributed by atoms with Crippen molar-refractivity contribution < 1.29 is 9.90 Å². The maximum atomic E-state index is 11.5. The molecule has 16 heavy (non-hydrogen) atoms. The topological polar surface area (TPSA) is 49.3 Å². The standard InChI is InChI=1S/C13H15NO2/c1-2-14-13(16)12-8-5-7-11(10-12)6-3-4-9-15/h5,7-8,10,15H,2,4,9H2,1H3,(H,14,16). The second kappa shape index (κ2) is 6.65. The molecule has 0 aliphatic heterocycles. The normalized spacial score (nSPS) is 9.12. The largest absolute Gasteiger partial charge is 0.395 e. The minimum absolute atomic E-state index is 0.0585. The zero-order valence-electron chi connectivity index (χ0n) is 9.29. The van der Waals surface area contributed by atoms with Crippen molar-refractivity contribution in [2.45, 2.75) is 13.3 Å². The molecule has 0 aliphatic carbocycles. The number of rotatable bonds is 3. The molecule has 0 heterocycles. The molecule has 1 aromatic carbocycles. The van der Waals surface area contributed by atoms with Crippen LogP contribution in [0.2, 0.25) is 0 Å². The van der Waals surface area contributed by atoms with Crippen molar-refractivity contribution in [3.05, 3.63) is 35.4 Å². The second-order valence-corrected chi connectivity index (χ2v) is 3.22. The van der Waals surface area contributed by atoms with Crippen LogP contribution < -0.4 is 5.32 Å². The molecule has 84 valence electrons. The van der Waals surface area contributed by atoms with Crippen LogP contribution in [0.3, 0.4) is 0 Å². The highest BCUT2D eigenvalue weighted by molar-refractivity contribution is 5.94. The average Bonchev–Trinajstić information content (AvgIpc) is 2.30.